The third-order valence-electron chi connectivity index (χ3n) is 7.80. The van der Waals surface area contributed by atoms with Crippen LogP contribution in [0.25, 0.3) is 0 Å². The summed E-state index contributed by atoms with van der Waals surface area (Å²) in [5, 5.41) is 37.8. The minimum Gasteiger partial charge on any atom is -0.487 e. The second kappa shape index (κ2) is 14.1. The first-order chi connectivity index (χ1) is 22.9. The van der Waals surface area contributed by atoms with Gasteiger partial charge in [0.2, 0.25) is 12.2 Å². The number of pyridine rings is 1. The fraction of sp³-hybridized carbons (Fsp3) is 0.517. The van der Waals surface area contributed by atoms with E-state index in [4.69, 9.17) is 19.9 Å². The van der Waals surface area contributed by atoms with Crippen LogP contribution in [0.15, 0.2) is 42.7 Å². The average molecular weight is 732 g/mol. The van der Waals surface area contributed by atoms with E-state index < -0.39 is 72.7 Å². The number of thiazole rings is 1. The van der Waals surface area contributed by atoms with Gasteiger partial charge in [0.15, 0.2) is 11.5 Å². The predicted molar refractivity (Wildman–Crippen MR) is 151 cm³/mol. The number of alkyl halides is 8. The van der Waals surface area contributed by atoms with Crippen LogP contribution in [0.1, 0.15) is 39.8 Å². The summed E-state index contributed by atoms with van der Waals surface area (Å²) in [6.45, 7) is -3.89. The first-order valence-corrected chi connectivity index (χ1v) is 15.3. The van der Waals surface area contributed by atoms with Gasteiger partial charge in [-0.25, -0.2) is 9.97 Å². The lowest BCUT2D eigenvalue weighted by Crippen LogP contribution is -2.63. The minimum absolute atomic E-state index is 0.0412. The average Bonchev–Trinajstić information content (AvgIpc) is 3.71. The molecule has 6 N–H and O–H groups in total. The van der Waals surface area contributed by atoms with E-state index in [1.165, 1.54) is 30.5 Å². The molecule has 2 aromatic heterocycles. The number of benzene rings is 1. The van der Waals surface area contributed by atoms with Crippen LogP contribution in [-0.4, -0.2) is 92.7 Å². The second-order valence-electron chi connectivity index (χ2n) is 11.3. The molecule has 3 aromatic rings. The molecule has 6 atom stereocenters. The van der Waals surface area contributed by atoms with Crippen molar-refractivity contribution < 1.29 is 74.5 Å². The summed E-state index contributed by atoms with van der Waals surface area (Å²) in [7, 11) is 0. The lowest BCUT2D eigenvalue weighted by atomic mass is 9.91. The standard InChI is InChI=1S/C29H29F8N3O8S/c30-26(31)47-16-5-2-13(8-17(16)45-14-3-4-14)15(19-10-40-25(49-19)27(44,28(32,33)34)29(35,36)37)7-12-1-6-20(39-9-12)48-24-21(38)23(43)22(42)18(11-41)46-24/h1-2,5-6,8-10,14-15,18,21-24,26,41-44H,3-4,7,11,38H2/t15-,18?,21+,22+,23?,24-/m0/s1. The van der Waals surface area contributed by atoms with Crippen molar-refractivity contribution in [3.63, 3.8) is 0 Å². The summed E-state index contributed by atoms with van der Waals surface area (Å²) in [5.74, 6) is -1.65. The Morgan fingerprint density at radius 3 is 2.20 bits per heavy atom. The van der Waals surface area contributed by atoms with Crippen molar-refractivity contribution in [1.29, 1.82) is 0 Å². The highest BCUT2D eigenvalue weighted by Crippen LogP contribution is 2.52. The van der Waals surface area contributed by atoms with Gasteiger partial charge in [0.05, 0.1) is 18.8 Å². The number of rotatable bonds is 12. The summed E-state index contributed by atoms with van der Waals surface area (Å²) in [6.07, 6.45) is -15.2. The van der Waals surface area contributed by atoms with Gasteiger partial charge in [-0.3, -0.25) is 0 Å². The van der Waals surface area contributed by atoms with E-state index >= 15 is 0 Å². The highest BCUT2D eigenvalue weighted by atomic mass is 32.1. The van der Waals surface area contributed by atoms with Gasteiger partial charge in [0.1, 0.15) is 23.3 Å². The summed E-state index contributed by atoms with van der Waals surface area (Å²) < 4.78 is 129. The Labute approximate surface area is 275 Å². The molecule has 11 nitrogen and oxygen atoms in total. The lowest BCUT2D eigenvalue weighted by Gasteiger charge is -2.40. The Hall–Kier alpha value is -3.40. The topological polar surface area (TPSA) is 170 Å². The van der Waals surface area contributed by atoms with Gasteiger partial charge >= 0.3 is 24.6 Å². The van der Waals surface area contributed by atoms with E-state index in [2.05, 4.69) is 14.7 Å². The molecule has 270 valence electrons. The summed E-state index contributed by atoms with van der Waals surface area (Å²) in [6, 6.07) is 5.20. The van der Waals surface area contributed by atoms with Crippen LogP contribution < -0.4 is 19.9 Å². The van der Waals surface area contributed by atoms with E-state index in [9.17, 15) is 55.5 Å². The van der Waals surface area contributed by atoms with E-state index in [1.54, 1.807) is 0 Å². The number of aromatic nitrogens is 2. The van der Waals surface area contributed by atoms with Crippen LogP contribution in [0, 0.1) is 0 Å². The smallest absolute Gasteiger partial charge is 0.433 e. The van der Waals surface area contributed by atoms with Gasteiger partial charge in [0, 0.05) is 29.3 Å². The highest BCUT2D eigenvalue weighted by molar-refractivity contribution is 7.11. The molecule has 2 aliphatic rings. The third kappa shape index (κ3) is 7.84. The van der Waals surface area contributed by atoms with Crippen molar-refractivity contribution in [3.8, 4) is 17.4 Å². The molecule has 20 heteroatoms. The van der Waals surface area contributed by atoms with Crippen molar-refractivity contribution >= 4 is 11.3 Å². The minimum atomic E-state index is -6.18. The normalized spacial score (nSPS) is 24.2. The molecule has 1 saturated carbocycles. The lowest BCUT2D eigenvalue weighted by molar-refractivity contribution is -0.376. The number of hydrogen-bond donors (Lipinski definition) is 5. The maximum Gasteiger partial charge on any atom is 0.433 e. The van der Waals surface area contributed by atoms with Crippen molar-refractivity contribution in [1.82, 2.24) is 9.97 Å². The van der Waals surface area contributed by atoms with Crippen molar-refractivity contribution in [2.45, 2.75) is 86.5 Å². The predicted octanol–water partition coefficient (Wildman–Crippen LogP) is 3.51. The molecule has 0 bridgehead atoms. The van der Waals surface area contributed by atoms with Crippen LogP contribution in [0.5, 0.6) is 17.4 Å². The van der Waals surface area contributed by atoms with Crippen LogP contribution in [0.3, 0.4) is 0 Å². The Morgan fingerprint density at radius 1 is 0.939 bits per heavy atom. The van der Waals surface area contributed by atoms with Crippen molar-refractivity contribution in [2.24, 2.45) is 5.73 Å². The van der Waals surface area contributed by atoms with Gasteiger partial charge in [-0.15, -0.1) is 11.3 Å². The first-order valence-electron chi connectivity index (χ1n) is 14.5. The SMILES string of the molecule is N[C@@H]1C(O)[C@H](O)C(CO)O[C@H]1Oc1ccc(C[C@@H](c2ccc(OC(F)F)c(OC3CC3)c2)c2cnc(C(O)(C(F)(F)F)C(F)(F)F)s2)cn1. The van der Waals surface area contributed by atoms with Gasteiger partial charge in [0.25, 0.3) is 0 Å². The summed E-state index contributed by atoms with van der Waals surface area (Å²) in [4.78, 5) is 7.27. The van der Waals surface area contributed by atoms with E-state index in [0.717, 1.165) is 12.3 Å². The zero-order valence-corrected chi connectivity index (χ0v) is 25.6. The maximum atomic E-state index is 13.6. The maximum absolute atomic E-state index is 13.6. The Balaban J connectivity index is 1.48. The summed E-state index contributed by atoms with van der Waals surface area (Å²) in [5.41, 5.74) is 1.16. The number of aliphatic hydroxyl groups excluding tert-OH is 3. The molecule has 1 aromatic carbocycles. The molecule has 0 radical (unpaired) electrons. The molecule has 1 aliphatic carbocycles. The van der Waals surface area contributed by atoms with Crippen molar-refractivity contribution in [2.75, 3.05) is 6.61 Å². The number of nitrogens with zero attached hydrogens (tertiary/aromatic N) is 2. The molecule has 3 heterocycles. The fourth-order valence-electron chi connectivity index (χ4n) is 4.96. The van der Waals surface area contributed by atoms with Gasteiger partial charge in [-0.1, -0.05) is 12.1 Å². The number of hydrogen-bond acceptors (Lipinski definition) is 12. The highest BCUT2D eigenvalue weighted by Gasteiger charge is 2.73. The first kappa shape index (κ1) is 36.9. The zero-order valence-electron chi connectivity index (χ0n) is 24.8. The van der Waals surface area contributed by atoms with Crippen LogP contribution in [0.2, 0.25) is 0 Å². The van der Waals surface area contributed by atoms with Crippen LogP contribution in [0.4, 0.5) is 35.1 Å². The molecule has 5 rings (SSSR count). The van der Waals surface area contributed by atoms with Crippen molar-refractivity contribution in [3.05, 3.63) is 63.7 Å². The fourth-order valence-corrected chi connectivity index (χ4v) is 6.13. The molecule has 1 aliphatic heterocycles. The summed E-state index contributed by atoms with van der Waals surface area (Å²) >= 11 is -0.0412. The molecular weight excluding hydrogens is 702 g/mol. The third-order valence-corrected chi connectivity index (χ3v) is 9.02. The molecule has 0 spiro atoms. The largest absolute Gasteiger partial charge is 0.487 e. The Morgan fingerprint density at radius 2 is 1.63 bits per heavy atom. The molecule has 2 fully saturated rings. The second-order valence-corrected chi connectivity index (χ2v) is 12.4. The number of nitrogens with two attached hydrogens (primary N) is 1. The number of halogens is 8. The van der Waals surface area contributed by atoms with E-state index in [1.807, 2.05) is 0 Å². The zero-order chi connectivity index (χ0) is 35.9. The molecule has 2 unspecified atom stereocenters. The van der Waals surface area contributed by atoms with Crippen LogP contribution >= 0.6 is 11.3 Å². The number of ether oxygens (including phenoxy) is 4. The Bertz CT molecular complexity index is 1560. The van der Waals surface area contributed by atoms with E-state index in [-0.39, 0.29) is 51.7 Å². The number of aliphatic hydroxyl groups is 4. The van der Waals surface area contributed by atoms with Gasteiger partial charge in [-0.05, 0) is 42.5 Å². The molecule has 0 amide bonds. The van der Waals surface area contributed by atoms with Gasteiger partial charge in [-0.2, -0.15) is 35.1 Å². The quantitative estimate of drug-likeness (QED) is 0.173. The van der Waals surface area contributed by atoms with E-state index in [0.29, 0.717) is 18.4 Å². The molecule has 1 saturated heterocycles. The molecular formula is C29H29F8N3O8S. The molecule has 49 heavy (non-hydrogen) atoms. The van der Waals surface area contributed by atoms with Gasteiger partial charge < -0.3 is 45.1 Å². The monoisotopic (exact) mass is 731 g/mol. The van der Waals surface area contributed by atoms with Crippen LogP contribution in [-0.2, 0) is 16.8 Å². The Kier molecular flexibility index (Phi) is 10.6.